The highest BCUT2D eigenvalue weighted by molar-refractivity contribution is 5.65. The molecule has 1 aromatic rings. The maximum absolute atomic E-state index is 11.2. The van der Waals surface area contributed by atoms with E-state index < -0.39 is 6.16 Å². The molecule has 78 valence electrons. The van der Waals surface area contributed by atoms with E-state index in [-0.39, 0.29) is 0 Å². The van der Waals surface area contributed by atoms with Gasteiger partial charge in [-0.15, -0.1) is 0 Å². The van der Waals surface area contributed by atoms with Crippen molar-refractivity contribution in [3.8, 4) is 5.75 Å². The van der Waals surface area contributed by atoms with Crippen LogP contribution in [-0.2, 0) is 4.74 Å². The molecule has 0 N–H and O–H groups in total. The van der Waals surface area contributed by atoms with Crippen LogP contribution in [0.5, 0.6) is 5.75 Å². The lowest BCUT2D eigenvalue weighted by atomic mass is 10.3. The number of carbonyl (C=O) groups is 1. The van der Waals surface area contributed by atoms with Crippen LogP contribution in [0.2, 0.25) is 0 Å². The minimum atomic E-state index is -0.769. The minimum absolute atomic E-state index is 0.371. The molecular weight excluding hydrogens is 192 g/mol. The number of hydrogen-bond donors (Lipinski definition) is 0. The Kier molecular flexibility index (Phi) is 4.16. The normalized spacial score (nSPS) is 10.6. The maximum Gasteiger partial charge on any atom is 0.519 e. The predicted molar refractivity (Wildman–Crippen MR) is 57.5 cm³/mol. The average molecular weight is 204 g/mol. The summed E-state index contributed by atoms with van der Waals surface area (Å²) in [6.07, 6.45) is 2.29. The minimum Gasteiger partial charge on any atom is -0.395 e. The molecule has 0 radical (unpaired) electrons. The van der Waals surface area contributed by atoms with Crippen LogP contribution >= 0.6 is 0 Å². The van der Waals surface area contributed by atoms with Crippen LogP contribution in [0.15, 0.2) is 54.8 Å². The molecule has 0 atom stereocenters. The Hall–Kier alpha value is -2.03. The Balaban J connectivity index is 2.54. The van der Waals surface area contributed by atoms with Gasteiger partial charge in [0.2, 0.25) is 0 Å². The third-order valence-electron chi connectivity index (χ3n) is 1.63. The van der Waals surface area contributed by atoms with Gasteiger partial charge < -0.3 is 9.47 Å². The van der Waals surface area contributed by atoms with E-state index in [1.54, 1.807) is 37.3 Å². The fraction of sp³-hybridized carbons (Fsp3) is 0.0833. The van der Waals surface area contributed by atoms with Crippen LogP contribution in [0.3, 0.4) is 0 Å². The Bertz CT molecular complexity index is 366. The summed E-state index contributed by atoms with van der Waals surface area (Å²) < 4.78 is 9.73. The van der Waals surface area contributed by atoms with Crippen molar-refractivity contribution in [3.05, 3.63) is 54.8 Å². The average Bonchev–Trinajstić information content (AvgIpc) is 2.27. The number of para-hydroxylation sites is 1. The van der Waals surface area contributed by atoms with Gasteiger partial charge in [0.25, 0.3) is 0 Å². The lowest BCUT2D eigenvalue weighted by Gasteiger charge is -2.04. The van der Waals surface area contributed by atoms with Gasteiger partial charge in [-0.1, -0.05) is 24.8 Å². The zero-order chi connectivity index (χ0) is 11.1. The summed E-state index contributed by atoms with van der Waals surface area (Å²) in [5, 5.41) is 0. The molecule has 0 unspecified atom stereocenters. The second-order valence-electron chi connectivity index (χ2n) is 2.66. The van der Waals surface area contributed by atoms with Crippen molar-refractivity contribution in [2.75, 3.05) is 0 Å². The number of benzene rings is 1. The monoisotopic (exact) mass is 204 g/mol. The first kappa shape index (κ1) is 11.0. The Morgan fingerprint density at radius 1 is 1.33 bits per heavy atom. The van der Waals surface area contributed by atoms with Crippen molar-refractivity contribution in [1.82, 2.24) is 0 Å². The van der Waals surface area contributed by atoms with Crippen LogP contribution in [-0.4, -0.2) is 6.16 Å². The lowest BCUT2D eigenvalue weighted by molar-refractivity contribution is 0.129. The maximum atomic E-state index is 11.2. The molecule has 15 heavy (non-hydrogen) atoms. The van der Waals surface area contributed by atoms with Gasteiger partial charge in [-0.05, 0) is 31.2 Å². The molecule has 0 aliphatic heterocycles. The van der Waals surface area contributed by atoms with Crippen molar-refractivity contribution in [1.29, 1.82) is 0 Å². The molecule has 0 aliphatic rings. The molecule has 1 aromatic carbocycles. The van der Waals surface area contributed by atoms with Gasteiger partial charge in [0.05, 0.1) is 0 Å². The van der Waals surface area contributed by atoms with Crippen molar-refractivity contribution < 1.29 is 14.3 Å². The summed E-state index contributed by atoms with van der Waals surface area (Å²) in [4.78, 5) is 11.2. The fourth-order valence-corrected chi connectivity index (χ4v) is 0.920. The standard InChI is InChI=1S/C12H12O3/c1-3-10(4-2)14-12(13)15-11-8-6-5-7-9-11/h3-9H,1H2,2H3/b10-4+. The van der Waals surface area contributed by atoms with Crippen molar-refractivity contribution in [3.63, 3.8) is 0 Å². The number of rotatable bonds is 3. The van der Waals surface area contributed by atoms with E-state index in [4.69, 9.17) is 9.47 Å². The predicted octanol–water partition coefficient (Wildman–Crippen LogP) is 3.29. The largest absolute Gasteiger partial charge is 0.519 e. The molecule has 0 amide bonds. The van der Waals surface area contributed by atoms with Crippen LogP contribution in [0.4, 0.5) is 4.79 Å². The molecule has 0 bridgehead atoms. The molecule has 0 heterocycles. The fourth-order valence-electron chi connectivity index (χ4n) is 0.920. The Morgan fingerprint density at radius 3 is 2.53 bits per heavy atom. The summed E-state index contributed by atoms with van der Waals surface area (Å²) in [6, 6.07) is 8.72. The summed E-state index contributed by atoms with van der Waals surface area (Å²) in [7, 11) is 0. The van der Waals surface area contributed by atoms with E-state index >= 15 is 0 Å². The van der Waals surface area contributed by atoms with E-state index in [0.717, 1.165) is 0 Å². The van der Waals surface area contributed by atoms with Crippen LogP contribution in [0.1, 0.15) is 6.92 Å². The highest BCUT2D eigenvalue weighted by atomic mass is 16.7. The molecule has 3 heteroatoms. The van der Waals surface area contributed by atoms with E-state index in [1.807, 2.05) is 6.07 Å². The van der Waals surface area contributed by atoms with Crippen molar-refractivity contribution >= 4 is 6.16 Å². The molecule has 1 rings (SSSR count). The molecule has 3 nitrogen and oxygen atoms in total. The number of hydrogen-bond acceptors (Lipinski definition) is 3. The topological polar surface area (TPSA) is 35.5 Å². The molecule has 0 aromatic heterocycles. The molecule has 0 fully saturated rings. The number of carbonyl (C=O) groups excluding carboxylic acids is 1. The third-order valence-corrected chi connectivity index (χ3v) is 1.63. The van der Waals surface area contributed by atoms with Gasteiger partial charge in [0, 0.05) is 0 Å². The Labute approximate surface area is 88.6 Å². The van der Waals surface area contributed by atoms with Gasteiger partial charge in [-0.25, -0.2) is 4.79 Å². The first-order valence-electron chi connectivity index (χ1n) is 4.49. The van der Waals surface area contributed by atoms with Crippen molar-refractivity contribution in [2.45, 2.75) is 6.92 Å². The molecule has 0 spiro atoms. The summed E-state index contributed by atoms with van der Waals surface area (Å²) in [5.74, 6) is 0.818. The highest BCUT2D eigenvalue weighted by Gasteiger charge is 2.06. The van der Waals surface area contributed by atoms with E-state index in [0.29, 0.717) is 11.5 Å². The quantitative estimate of drug-likeness (QED) is 0.328. The third kappa shape index (κ3) is 3.68. The molecule has 0 saturated carbocycles. The smallest absolute Gasteiger partial charge is 0.395 e. The van der Waals surface area contributed by atoms with Crippen LogP contribution in [0, 0.1) is 0 Å². The molecular formula is C12H12O3. The van der Waals surface area contributed by atoms with Gasteiger partial charge in [-0.2, -0.15) is 0 Å². The zero-order valence-electron chi connectivity index (χ0n) is 8.47. The molecule has 0 aliphatic carbocycles. The van der Waals surface area contributed by atoms with E-state index in [9.17, 15) is 4.79 Å². The van der Waals surface area contributed by atoms with Crippen LogP contribution in [0.25, 0.3) is 0 Å². The second kappa shape index (κ2) is 5.65. The van der Waals surface area contributed by atoms with Crippen LogP contribution < -0.4 is 4.74 Å². The van der Waals surface area contributed by atoms with Gasteiger partial charge in [0.1, 0.15) is 11.5 Å². The van der Waals surface area contributed by atoms with Gasteiger partial charge >= 0.3 is 6.16 Å². The van der Waals surface area contributed by atoms with Crippen molar-refractivity contribution in [2.24, 2.45) is 0 Å². The SMILES string of the molecule is C=C/C(=C\C)OC(=O)Oc1ccccc1. The first-order chi connectivity index (χ1) is 7.26. The Morgan fingerprint density at radius 2 is 2.00 bits per heavy atom. The number of allylic oxidation sites excluding steroid dienone is 2. The second-order valence-corrected chi connectivity index (χ2v) is 2.66. The zero-order valence-corrected chi connectivity index (χ0v) is 8.47. The highest BCUT2D eigenvalue weighted by Crippen LogP contribution is 2.10. The molecule has 0 saturated heterocycles. The summed E-state index contributed by atoms with van der Waals surface area (Å²) >= 11 is 0. The first-order valence-corrected chi connectivity index (χ1v) is 4.49. The number of ether oxygens (including phenoxy) is 2. The summed E-state index contributed by atoms with van der Waals surface area (Å²) in [6.45, 7) is 5.23. The van der Waals surface area contributed by atoms with Gasteiger partial charge in [-0.3, -0.25) is 0 Å². The lowest BCUT2D eigenvalue weighted by Crippen LogP contribution is -2.09. The van der Waals surface area contributed by atoms with E-state index in [1.165, 1.54) is 6.08 Å². The van der Waals surface area contributed by atoms with Gasteiger partial charge in [0.15, 0.2) is 0 Å². The van der Waals surface area contributed by atoms with E-state index in [2.05, 4.69) is 6.58 Å². The summed E-state index contributed by atoms with van der Waals surface area (Å²) in [5.41, 5.74) is 0.